The van der Waals surface area contributed by atoms with Crippen molar-refractivity contribution in [2.75, 3.05) is 6.54 Å². The summed E-state index contributed by atoms with van der Waals surface area (Å²) in [5.41, 5.74) is 2.11. The van der Waals surface area contributed by atoms with E-state index in [1.807, 2.05) is 29.2 Å². The zero-order valence-corrected chi connectivity index (χ0v) is 9.10. The Bertz CT molecular complexity index is 397. The van der Waals surface area contributed by atoms with Gasteiger partial charge in [-0.05, 0) is 17.5 Å². The lowest BCUT2D eigenvalue weighted by Crippen LogP contribution is -2.23. The van der Waals surface area contributed by atoms with E-state index in [2.05, 4.69) is 5.10 Å². The van der Waals surface area contributed by atoms with Crippen LogP contribution < -0.4 is 5.84 Å². The van der Waals surface area contributed by atoms with E-state index in [1.165, 1.54) is 0 Å². The second kappa shape index (κ2) is 4.79. The third-order valence-electron chi connectivity index (χ3n) is 2.75. The third-order valence-corrected chi connectivity index (χ3v) is 2.75. The molecule has 0 radical (unpaired) electrons. The van der Waals surface area contributed by atoms with Crippen LogP contribution in [0.15, 0.2) is 29.4 Å². The lowest BCUT2D eigenvalue weighted by molar-refractivity contribution is -0.128. The summed E-state index contributed by atoms with van der Waals surface area (Å²) in [6.45, 7) is 1.59. The fourth-order valence-corrected chi connectivity index (χ4v) is 1.89. The predicted molar refractivity (Wildman–Crippen MR) is 62.9 cm³/mol. The van der Waals surface area contributed by atoms with Gasteiger partial charge >= 0.3 is 0 Å². The normalized spacial score (nSPS) is 16.2. The first-order chi connectivity index (χ1) is 7.79. The van der Waals surface area contributed by atoms with Crippen LogP contribution in [0.25, 0.3) is 0 Å². The van der Waals surface area contributed by atoms with Gasteiger partial charge in [0, 0.05) is 19.5 Å². The molecule has 84 valence electrons. The van der Waals surface area contributed by atoms with Gasteiger partial charge in [-0.25, -0.2) is 0 Å². The number of benzene rings is 1. The number of hydrogen-bond donors (Lipinski definition) is 1. The molecule has 1 aliphatic rings. The Balaban J connectivity index is 2.02. The molecule has 1 amide bonds. The van der Waals surface area contributed by atoms with Crippen LogP contribution in [-0.2, 0) is 11.3 Å². The quantitative estimate of drug-likeness (QED) is 0.468. The number of amides is 1. The fourth-order valence-electron chi connectivity index (χ4n) is 1.89. The van der Waals surface area contributed by atoms with Crippen LogP contribution in [0.3, 0.4) is 0 Å². The van der Waals surface area contributed by atoms with Crippen LogP contribution in [0, 0.1) is 0 Å². The Morgan fingerprint density at radius 1 is 1.38 bits per heavy atom. The first kappa shape index (κ1) is 10.7. The molecule has 1 aromatic rings. The number of nitrogens with zero attached hydrogens (tertiary/aromatic N) is 2. The topological polar surface area (TPSA) is 58.7 Å². The maximum Gasteiger partial charge on any atom is 0.222 e. The summed E-state index contributed by atoms with van der Waals surface area (Å²) in [4.78, 5) is 13.3. The number of hydrazone groups is 1. The molecule has 0 unspecified atom stereocenters. The molecule has 4 nitrogen and oxygen atoms in total. The van der Waals surface area contributed by atoms with E-state index in [0.717, 1.165) is 24.1 Å². The van der Waals surface area contributed by atoms with Crippen molar-refractivity contribution in [1.82, 2.24) is 4.90 Å². The first-order valence-electron chi connectivity index (χ1n) is 5.39. The zero-order chi connectivity index (χ0) is 11.4. The molecule has 4 heteroatoms. The summed E-state index contributed by atoms with van der Waals surface area (Å²) in [6, 6.07) is 7.91. The van der Waals surface area contributed by atoms with Gasteiger partial charge in [-0.3, -0.25) is 4.79 Å². The smallest absolute Gasteiger partial charge is 0.222 e. The average Bonchev–Trinajstić information content (AvgIpc) is 2.68. The summed E-state index contributed by atoms with van der Waals surface area (Å²) in [7, 11) is 0. The van der Waals surface area contributed by atoms with E-state index < -0.39 is 0 Å². The van der Waals surface area contributed by atoms with Crippen LogP contribution in [0.4, 0.5) is 0 Å². The molecular formula is C12H15N3O. The number of hydrogen-bond acceptors (Lipinski definition) is 3. The van der Waals surface area contributed by atoms with Gasteiger partial charge in [0.2, 0.25) is 5.91 Å². The Kier molecular flexibility index (Phi) is 3.19. The van der Waals surface area contributed by atoms with Gasteiger partial charge in [-0.2, -0.15) is 5.10 Å². The lowest BCUT2D eigenvalue weighted by Gasteiger charge is -2.15. The van der Waals surface area contributed by atoms with Crippen LogP contribution in [0.2, 0.25) is 0 Å². The number of carbonyl (C=O) groups is 1. The van der Waals surface area contributed by atoms with E-state index in [4.69, 9.17) is 5.84 Å². The maximum absolute atomic E-state index is 11.4. The van der Waals surface area contributed by atoms with E-state index in [1.54, 1.807) is 6.21 Å². The third kappa shape index (κ3) is 2.39. The Morgan fingerprint density at radius 3 is 2.69 bits per heavy atom. The van der Waals surface area contributed by atoms with E-state index in [9.17, 15) is 4.79 Å². The fraction of sp³-hybridized carbons (Fsp3) is 0.333. The maximum atomic E-state index is 11.4. The molecule has 0 saturated carbocycles. The molecule has 0 spiro atoms. The van der Waals surface area contributed by atoms with Crippen LogP contribution in [0.1, 0.15) is 24.0 Å². The van der Waals surface area contributed by atoms with E-state index >= 15 is 0 Å². The standard InChI is InChI=1S/C12H15N3O/c13-14-8-10-3-5-11(6-4-10)9-15-7-1-2-12(15)16/h3-6,8H,1-2,7,9,13H2. The van der Waals surface area contributed by atoms with Crippen molar-refractivity contribution in [3.63, 3.8) is 0 Å². The van der Waals surface area contributed by atoms with Crippen LogP contribution >= 0.6 is 0 Å². The van der Waals surface area contributed by atoms with Gasteiger partial charge in [-0.1, -0.05) is 24.3 Å². The summed E-state index contributed by atoms with van der Waals surface area (Å²) in [5, 5.41) is 3.46. The van der Waals surface area contributed by atoms with Gasteiger partial charge in [0.15, 0.2) is 0 Å². The number of likely N-dealkylation sites (tertiary alicyclic amines) is 1. The molecule has 1 aliphatic heterocycles. The molecule has 2 N–H and O–H groups in total. The van der Waals surface area contributed by atoms with E-state index in [0.29, 0.717) is 13.0 Å². The summed E-state index contributed by atoms with van der Waals surface area (Å²) >= 11 is 0. The molecule has 16 heavy (non-hydrogen) atoms. The molecule has 1 aromatic carbocycles. The monoisotopic (exact) mass is 217 g/mol. The summed E-state index contributed by atoms with van der Waals surface area (Å²) in [6.07, 6.45) is 3.28. The molecule has 2 rings (SSSR count). The highest BCUT2D eigenvalue weighted by molar-refractivity contribution is 5.79. The molecular weight excluding hydrogens is 202 g/mol. The molecule has 1 saturated heterocycles. The number of nitrogens with two attached hydrogens (primary N) is 1. The van der Waals surface area contributed by atoms with Crippen LogP contribution in [-0.4, -0.2) is 23.6 Å². The van der Waals surface area contributed by atoms with Gasteiger partial charge < -0.3 is 10.7 Å². The van der Waals surface area contributed by atoms with Gasteiger partial charge in [-0.15, -0.1) is 0 Å². The molecule has 1 heterocycles. The Hall–Kier alpha value is -1.84. The van der Waals surface area contributed by atoms with Gasteiger partial charge in [0.25, 0.3) is 0 Å². The van der Waals surface area contributed by atoms with Crippen molar-refractivity contribution in [2.24, 2.45) is 10.9 Å². The minimum absolute atomic E-state index is 0.257. The molecule has 0 atom stereocenters. The van der Waals surface area contributed by atoms with Crippen molar-refractivity contribution >= 4 is 12.1 Å². The molecule has 0 aromatic heterocycles. The first-order valence-corrected chi connectivity index (χ1v) is 5.39. The van der Waals surface area contributed by atoms with Crippen molar-refractivity contribution < 1.29 is 4.79 Å². The summed E-state index contributed by atoms with van der Waals surface area (Å²) in [5.74, 6) is 5.32. The summed E-state index contributed by atoms with van der Waals surface area (Å²) < 4.78 is 0. The molecule has 1 fully saturated rings. The van der Waals surface area contributed by atoms with E-state index in [-0.39, 0.29) is 5.91 Å². The van der Waals surface area contributed by atoms with Gasteiger partial charge in [0.1, 0.15) is 0 Å². The predicted octanol–water partition coefficient (Wildman–Crippen LogP) is 1.10. The highest BCUT2D eigenvalue weighted by Crippen LogP contribution is 2.14. The minimum atomic E-state index is 0.257. The largest absolute Gasteiger partial charge is 0.338 e. The number of carbonyl (C=O) groups excluding carboxylic acids is 1. The lowest BCUT2D eigenvalue weighted by atomic mass is 10.1. The Morgan fingerprint density at radius 2 is 2.12 bits per heavy atom. The SMILES string of the molecule is NN=Cc1ccc(CN2CCCC2=O)cc1. The van der Waals surface area contributed by atoms with Crippen molar-refractivity contribution in [2.45, 2.75) is 19.4 Å². The molecule has 0 bridgehead atoms. The van der Waals surface area contributed by atoms with Crippen LogP contribution in [0.5, 0.6) is 0 Å². The molecule has 0 aliphatic carbocycles. The van der Waals surface area contributed by atoms with Crippen molar-refractivity contribution in [3.8, 4) is 0 Å². The van der Waals surface area contributed by atoms with Crippen molar-refractivity contribution in [1.29, 1.82) is 0 Å². The second-order valence-corrected chi connectivity index (χ2v) is 3.94. The second-order valence-electron chi connectivity index (χ2n) is 3.94. The highest BCUT2D eigenvalue weighted by atomic mass is 16.2. The average molecular weight is 217 g/mol. The Labute approximate surface area is 94.7 Å². The number of rotatable bonds is 3. The van der Waals surface area contributed by atoms with Gasteiger partial charge in [0.05, 0.1) is 6.21 Å². The minimum Gasteiger partial charge on any atom is -0.338 e. The van der Waals surface area contributed by atoms with Crippen molar-refractivity contribution in [3.05, 3.63) is 35.4 Å². The highest BCUT2D eigenvalue weighted by Gasteiger charge is 2.19. The zero-order valence-electron chi connectivity index (χ0n) is 9.10.